The molecule has 2 aromatic carbocycles. The van der Waals surface area contributed by atoms with E-state index < -0.39 is 35.5 Å². The number of unbranched alkanes of at least 4 members (excludes halogenated alkanes) is 1. The Labute approximate surface area is 196 Å². The Morgan fingerprint density at radius 2 is 1.68 bits per heavy atom. The minimum Gasteiger partial charge on any atom is -0.493 e. The van der Waals surface area contributed by atoms with Crippen LogP contribution in [0.4, 0.5) is 22.0 Å². The van der Waals surface area contributed by atoms with Gasteiger partial charge in [-0.15, -0.1) is 10.2 Å². The van der Waals surface area contributed by atoms with E-state index >= 15 is 0 Å². The van der Waals surface area contributed by atoms with Crippen LogP contribution in [0.5, 0.6) is 11.5 Å². The van der Waals surface area contributed by atoms with E-state index in [1.807, 2.05) is 0 Å². The van der Waals surface area contributed by atoms with Crippen molar-refractivity contribution in [2.75, 3.05) is 19.8 Å². The molecule has 1 heterocycles. The van der Waals surface area contributed by atoms with Crippen molar-refractivity contribution in [3.63, 3.8) is 0 Å². The first-order valence-corrected chi connectivity index (χ1v) is 11.0. The zero-order chi connectivity index (χ0) is 24.9. The fraction of sp³-hybridized carbons (Fsp3) is 0.364. The maximum Gasteiger partial charge on any atom is 0.419 e. The summed E-state index contributed by atoms with van der Waals surface area (Å²) in [6.07, 6.45) is -4.00. The third-order valence-corrected chi connectivity index (χ3v) is 6.00. The van der Waals surface area contributed by atoms with Gasteiger partial charge >= 0.3 is 6.18 Å². The normalized spacial score (nSPS) is 13.5. The topological polar surface area (TPSA) is 90.5 Å². The summed E-state index contributed by atoms with van der Waals surface area (Å²) in [5.74, 6) is -2.70. The zero-order valence-electron chi connectivity index (χ0n) is 18.0. The standard InChI is InChI=1S/C22H22F5N3O3S/c1-21(28,12-31)20-30-29-19(34-20)13-7-8-16(14(11-13)22(25,26)27)32-9-2-3-10-33-17-6-4-5-15(23)18(17)24/h4-8,11,31H,2-3,9-10,12,28H2,1H3/t21-/m0/s1. The predicted octanol–water partition coefficient (Wildman–Crippen LogP) is 4.91. The van der Waals surface area contributed by atoms with Crippen LogP contribution in [0, 0.1) is 11.6 Å². The van der Waals surface area contributed by atoms with Gasteiger partial charge < -0.3 is 20.3 Å². The molecule has 3 N–H and O–H groups in total. The molecule has 0 saturated carbocycles. The highest BCUT2D eigenvalue weighted by atomic mass is 32.1. The second kappa shape index (κ2) is 10.6. The van der Waals surface area contributed by atoms with E-state index in [1.54, 1.807) is 0 Å². The van der Waals surface area contributed by atoms with Crippen LogP contribution in [-0.4, -0.2) is 35.1 Å². The molecule has 0 saturated heterocycles. The quantitative estimate of drug-likeness (QED) is 0.302. The Kier molecular flexibility index (Phi) is 8.05. The first-order valence-electron chi connectivity index (χ1n) is 10.2. The SMILES string of the molecule is C[C@](N)(CO)c1nnc(-c2ccc(OCCCCOc3cccc(F)c3F)c(C(F)(F)F)c2)s1. The molecule has 0 spiro atoms. The third kappa shape index (κ3) is 6.19. The Balaban J connectivity index is 1.62. The number of nitrogens with two attached hydrogens (primary N) is 1. The molecule has 0 fully saturated rings. The molecule has 34 heavy (non-hydrogen) atoms. The number of hydrogen-bond acceptors (Lipinski definition) is 7. The Morgan fingerprint density at radius 1 is 1.00 bits per heavy atom. The molecule has 184 valence electrons. The van der Waals surface area contributed by atoms with E-state index in [0.29, 0.717) is 17.8 Å². The summed E-state index contributed by atoms with van der Waals surface area (Å²) in [6, 6.07) is 7.10. The van der Waals surface area contributed by atoms with E-state index in [9.17, 15) is 27.1 Å². The molecular weight excluding hydrogens is 481 g/mol. The molecule has 12 heteroatoms. The van der Waals surface area contributed by atoms with Crippen LogP contribution in [0.15, 0.2) is 36.4 Å². The second-order valence-electron chi connectivity index (χ2n) is 7.65. The van der Waals surface area contributed by atoms with Crippen molar-refractivity contribution in [3.8, 4) is 22.1 Å². The number of alkyl halides is 3. The fourth-order valence-electron chi connectivity index (χ4n) is 2.81. The summed E-state index contributed by atoms with van der Waals surface area (Å²) >= 11 is 0.990. The molecule has 0 unspecified atom stereocenters. The second-order valence-corrected chi connectivity index (χ2v) is 8.63. The first kappa shape index (κ1) is 25.8. The van der Waals surface area contributed by atoms with Crippen LogP contribution in [0.1, 0.15) is 30.3 Å². The Bertz CT molecular complexity index is 1120. The van der Waals surface area contributed by atoms with Crippen LogP contribution >= 0.6 is 11.3 Å². The van der Waals surface area contributed by atoms with E-state index in [4.69, 9.17) is 15.2 Å². The van der Waals surface area contributed by atoms with Gasteiger partial charge in [-0.25, -0.2) is 4.39 Å². The molecule has 1 atom stereocenters. The lowest BCUT2D eigenvalue weighted by atomic mass is 10.1. The average Bonchev–Trinajstić information content (AvgIpc) is 3.29. The monoisotopic (exact) mass is 503 g/mol. The smallest absolute Gasteiger partial charge is 0.419 e. The molecule has 0 aliphatic heterocycles. The number of aliphatic hydroxyl groups excluding tert-OH is 1. The van der Waals surface area contributed by atoms with E-state index in [2.05, 4.69) is 10.2 Å². The molecule has 3 aromatic rings. The van der Waals surface area contributed by atoms with Crippen molar-refractivity contribution in [1.29, 1.82) is 0 Å². The van der Waals surface area contributed by atoms with Gasteiger partial charge in [0.05, 0.1) is 30.9 Å². The largest absolute Gasteiger partial charge is 0.493 e. The summed E-state index contributed by atoms with van der Waals surface area (Å²) in [4.78, 5) is 0. The highest BCUT2D eigenvalue weighted by molar-refractivity contribution is 7.14. The highest BCUT2D eigenvalue weighted by Crippen LogP contribution is 2.40. The lowest BCUT2D eigenvalue weighted by Gasteiger charge is -2.17. The Hall–Kier alpha value is -2.83. The molecule has 0 bridgehead atoms. The molecule has 0 amide bonds. The fourth-order valence-corrected chi connectivity index (χ4v) is 3.70. The maximum absolute atomic E-state index is 13.6. The van der Waals surface area contributed by atoms with Gasteiger partial charge in [0.2, 0.25) is 5.82 Å². The van der Waals surface area contributed by atoms with E-state index in [0.717, 1.165) is 23.5 Å². The summed E-state index contributed by atoms with van der Waals surface area (Å²) in [5.41, 5.74) is 3.95. The van der Waals surface area contributed by atoms with Gasteiger partial charge in [-0.1, -0.05) is 17.4 Å². The van der Waals surface area contributed by atoms with Crippen LogP contribution < -0.4 is 15.2 Å². The van der Waals surface area contributed by atoms with Crippen molar-refractivity contribution in [2.45, 2.75) is 31.5 Å². The molecule has 0 radical (unpaired) electrons. The maximum atomic E-state index is 13.6. The van der Waals surface area contributed by atoms with Crippen molar-refractivity contribution in [2.24, 2.45) is 5.73 Å². The van der Waals surface area contributed by atoms with Gasteiger partial charge in [-0.3, -0.25) is 0 Å². The number of nitrogens with zero attached hydrogens (tertiary/aromatic N) is 2. The van der Waals surface area contributed by atoms with Crippen molar-refractivity contribution >= 4 is 11.3 Å². The van der Waals surface area contributed by atoms with Crippen molar-refractivity contribution < 1.29 is 36.5 Å². The zero-order valence-corrected chi connectivity index (χ0v) is 18.8. The minimum absolute atomic E-state index is 0.0393. The summed E-state index contributed by atoms with van der Waals surface area (Å²) < 4.78 is 78.1. The van der Waals surface area contributed by atoms with Gasteiger partial charge in [-0.2, -0.15) is 17.6 Å². The number of aromatic nitrogens is 2. The first-order chi connectivity index (χ1) is 16.0. The van der Waals surface area contributed by atoms with Crippen LogP contribution in [-0.2, 0) is 11.7 Å². The lowest BCUT2D eigenvalue weighted by molar-refractivity contribution is -0.138. The average molecular weight is 503 g/mol. The Morgan fingerprint density at radius 3 is 2.32 bits per heavy atom. The number of ether oxygens (including phenoxy) is 2. The molecule has 0 aliphatic rings. The van der Waals surface area contributed by atoms with E-state index in [-0.39, 0.29) is 35.3 Å². The van der Waals surface area contributed by atoms with Gasteiger partial charge in [0.25, 0.3) is 0 Å². The summed E-state index contributed by atoms with van der Waals surface area (Å²) in [5, 5.41) is 17.6. The van der Waals surface area contributed by atoms with Crippen LogP contribution in [0.3, 0.4) is 0 Å². The molecule has 1 aromatic heterocycles. The molecule has 6 nitrogen and oxygen atoms in total. The molecule has 0 aliphatic carbocycles. The van der Waals surface area contributed by atoms with E-state index in [1.165, 1.54) is 31.2 Å². The van der Waals surface area contributed by atoms with Crippen LogP contribution in [0.2, 0.25) is 0 Å². The van der Waals surface area contributed by atoms with Crippen LogP contribution in [0.25, 0.3) is 10.6 Å². The molecule has 3 rings (SSSR count). The van der Waals surface area contributed by atoms with Gasteiger partial charge in [-0.05, 0) is 50.1 Å². The van der Waals surface area contributed by atoms with Gasteiger partial charge in [0.1, 0.15) is 15.8 Å². The number of rotatable bonds is 10. The third-order valence-electron chi connectivity index (χ3n) is 4.74. The predicted molar refractivity (Wildman–Crippen MR) is 116 cm³/mol. The summed E-state index contributed by atoms with van der Waals surface area (Å²) in [6.45, 7) is 1.14. The number of hydrogen-bond donors (Lipinski definition) is 2. The number of benzene rings is 2. The van der Waals surface area contributed by atoms with Crippen molar-refractivity contribution in [3.05, 3.63) is 58.6 Å². The van der Waals surface area contributed by atoms with Gasteiger partial charge in [0.15, 0.2) is 11.6 Å². The lowest BCUT2D eigenvalue weighted by Crippen LogP contribution is -2.36. The highest BCUT2D eigenvalue weighted by Gasteiger charge is 2.35. The number of aliphatic hydroxyl groups is 1. The van der Waals surface area contributed by atoms with Crippen molar-refractivity contribution in [1.82, 2.24) is 10.2 Å². The van der Waals surface area contributed by atoms with Gasteiger partial charge in [0, 0.05) is 5.56 Å². The minimum atomic E-state index is -4.68. The molecular formula is C22H22F5N3O3S. The number of halogens is 5. The summed E-state index contributed by atoms with van der Waals surface area (Å²) in [7, 11) is 0.